The Balaban J connectivity index is 1.80. The van der Waals surface area contributed by atoms with Crippen LogP contribution in [0.3, 0.4) is 0 Å². The lowest BCUT2D eigenvalue weighted by molar-refractivity contribution is -0.120. The van der Waals surface area contributed by atoms with E-state index in [4.69, 9.17) is 0 Å². The van der Waals surface area contributed by atoms with E-state index < -0.39 is 9.84 Å². The standard InChI is InChI=1S/C20H19NO4S/c1-16(22)18-11-9-17(10-12-18)6-5-14-21-20(23)13-15-26(24,25)19-7-3-2-4-8-19/h2-4,7-12H,13-15H2,1H3,(H,21,23). The minimum atomic E-state index is -3.46. The summed E-state index contributed by atoms with van der Waals surface area (Å²) in [6.45, 7) is 1.62. The van der Waals surface area contributed by atoms with Gasteiger partial charge in [0.2, 0.25) is 5.91 Å². The molecular formula is C20H19NO4S. The zero-order valence-electron chi connectivity index (χ0n) is 14.4. The van der Waals surface area contributed by atoms with Gasteiger partial charge in [0.05, 0.1) is 17.2 Å². The number of Topliss-reactive ketones (excluding diaryl/α,β-unsaturated/α-hetero) is 1. The van der Waals surface area contributed by atoms with Gasteiger partial charge in [0, 0.05) is 17.5 Å². The maximum atomic E-state index is 12.1. The van der Waals surface area contributed by atoms with E-state index in [9.17, 15) is 18.0 Å². The van der Waals surface area contributed by atoms with Crippen molar-refractivity contribution >= 4 is 21.5 Å². The number of hydrogen-bond donors (Lipinski definition) is 1. The van der Waals surface area contributed by atoms with E-state index in [1.165, 1.54) is 19.1 Å². The minimum absolute atomic E-state index is 0.0118. The maximum absolute atomic E-state index is 12.1. The van der Waals surface area contributed by atoms with Crippen molar-refractivity contribution in [2.24, 2.45) is 0 Å². The number of carbonyl (C=O) groups excluding carboxylic acids is 2. The van der Waals surface area contributed by atoms with Crippen molar-refractivity contribution in [3.8, 4) is 11.8 Å². The molecule has 0 fully saturated rings. The van der Waals surface area contributed by atoms with Gasteiger partial charge in [0.25, 0.3) is 0 Å². The maximum Gasteiger partial charge on any atom is 0.221 e. The van der Waals surface area contributed by atoms with Gasteiger partial charge in [-0.2, -0.15) is 0 Å². The molecule has 26 heavy (non-hydrogen) atoms. The molecular weight excluding hydrogens is 350 g/mol. The number of ketones is 1. The van der Waals surface area contributed by atoms with Crippen LogP contribution in [0.5, 0.6) is 0 Å². The molecule has 2 rings (SSSR count). The van der Waals surface area contributed by atoms with Gasteiger partial charge >= 0.3 is 0 Å². The highest BCUT2D eigenvalue weighted by Crippen LogP contribution is 2.10. The second-order valence-electron chi connectivity index (χ2n) is 5.59. The molecule has 0 saturated carbocycles. The van der Waals surface area contributed by atoms with Gasteiger partial charge < -0.3 is 5.32 Å². The van der Waals surface area contributed by atoms with Crippen molar-refractivity contribution in [3.63, 3.8) is 0 Å². The first kappa shape index (κ1) is 19.4. The number of hydrogen-bond acceptors (Lipinski definition) is 4. The van der Waals surface area contributed by atoms with Crippen molar-refractivity contribution in [2.45, 2.75) is 18.2 Å². The van der Waals surface area contributed by atoms with Crippen molar-refractivity contribution < 1.29 is 18.0 Å². The topological polar surface area (TPSA) is 80.3 Å². The average molecular weight is 369 g/mol. The van der Waals surface area contributed by atoms with Gasteiger partial charge in [-0.15, -0.1) is 0 Å². The van der Waals surface area contributed by atoms with E-state index in [0.29, 0.717) is 5.56 Å². The van der Waals surface area contributed by atoms with E-state index in [1.54, 1.807) is 42.5 Å². The predicted octanol–water partition coefficient (Wildman–Crippen LogP) is 2.22. The highest BCUT2D eigenvalue weighted by molar-refractivity contribution is 7.91. The lowest BCUT2D eigenvalue weighted by Gasteiger charge is -2.04. The summed E-state index contributed by atoms with van der Waals surface area (Å²) in [5, 5.41) is 2.58. The van der Waals surface area contributed by atoms with Gasteiger partial charge in [0.1, 0.15) is 0 Å². The number of sulfone groups is 1. The van der Waals surface area contributed by atoms with Crippen LogP contribution in [0.25, 0.3) is 0 Å². The quantitative estimate of drug-likeness (QED) is 0.625. The van der Waals surface area contributed by atoms with E-state index in [-0.39, 0.29) is 35.3 Å². The monoisotopic (exact) mass is 369 g/mol. The third-order valence-electron chi connectivity index (χ3n) is 3.60. The first-order valence-corrected chi connectivity index (χ1v) is 9.68. The molecule has 0 aliphatic rings. The third-order valence-corrected chi connectivity index (χ3v) is 5.33. The summed E-state index contributed by atoms with van der Waals surface area (Å²) in [6.07, 6.45) is -0.119. The lowest BCUT2D eigenvalue weighted by atomic mass is 10.1. The summed E-state index contributed by atoms with van der Waals surface area (Å²) in [5.74, 6) is 5.04. The average Bonchev–Trinajstić information content (AvgIpc) is 2.65. The second-order valence-corrected chi connectivity index (χ2v) is 7.70. The Kier molecular flexibility index (Phi) is 6.70. The van der Waals surface area contributed by atoms with Gasteiger partial charge in [-0.25, -0.2) is 8.42 Å². The van der Waals surface area contributed by atoms with Crippen molar-refractivity contribution in [2.75, 3.05) is 12.3 Å². The number of benzene rings is 2. The zero-order valence-corrected chi connectivity index (χ0v) is 15.2. The second kappa shape index (κ2) is 8.97. The first-order valence-electron chi connectivity index (χ1n) is 8.03. The summed E-state index contributed by atoms with van der Waals surface area (Å²) in [6, 6.07) is 14.9. The van der Waals surface area contributed by atoms with Gasteiger partial charge in [-0.3, -0.25) is 9.59 Å². The van der Waals surface area contributed by atoms with Crippen LogP contribution in [0.15, 0.2) is 59.5 Å². The van der Waals surface area contributed by atoms with Gasteiger partial charge in [-0.1, -0.05) is 42.2 Å². The molecule has 0 aromatic heterocycles. The molecule has 1 N–H and O–H groups in total. The molecule has 0 bridgehead atoms. The molecule has 0 saturated heterocycles. The van der Waals surface area contributed by atoms with E-state index in [1.807, 2.05) is 0 Å². The van der Waals surface area contributed by atoms with Crippen LogP contribution in [0.2, 0.25) is 0 Å². The highest BCUT2D eigenvalue weighted by Gasteiger charge is 2.15. The fourth-order valence-electron chi connectivity index (χ4n) is 2.14. The Hall–Kier alpha value is -2.91. The molecule has 0 spiro atoms. The smallest absolute Gasteiger partial charge is 0.221 e. The molecule has 0 aliphatic heterocycles. The Labute approximate surface area is 153 Å². The summed E-state index contributed by atoms with van der Waals surface area (Å²) < 4.78 is 24.2. The summed E-state index contributed by atoms with van der Waals surface area (Å²) >= 11 is 0. The number of nitrogens with one attached hydrogen (secondary N) is 1. The molecule has 0 radical (unpaired) electrons. The Bertz CT molecular complexity index is 937. The van der Waals surface area contributed by atoms with Crippen LogP contribution in [-0.2, 0) is 14.6 Å². The molecule has 1 amide bonds. The molecule has 0 heterocycles. The molecule has 0 atom stereocenters. The molecule has 0 aliphatic carbocycles. The largest absolute Gasteiger partial charge is 0.345 e. The number of rotatable bonds is 6. The van der Waals surface area contributed by atoms with Crippen molar-refractivity contribution in [3.05, 3.63) is 65.7 Å². The Morgan fingerprint density at radius 1 is 1.00 bits per heavy atom. The van der Waals surface area contributed by atoms with Gasteiger partial charge in [0.15, 0.2) is 15.6 Å². The molecule has 6 heteroatoms. The van der Waals surface area contributed by atoms with Gasteiger partial charge in [-0.05, 0) is 31.2 Å². The zero-order chi connectivity index (χ0) is 19.0. The molecule has 0 unspecified atom stereocenters. The highest BCUT2D eigenvalue weighted by atomic mass is 32.2. The SMILES string of the molecule is CC(=O)c1ccc(C#CCNC(=O)CCS(=O)(=O)c2ccccc2)cc1. The Morgan fingerprint density at radius 3 is 2.27 bits per heavy atom. The van der Waals surface area contributed by atoms with Crippen LogP contribution in [0, 0.1) is 11.8 Å². The van der Waals surface area contributed by atoms with Crippen LogP contribution in [-0.4, -0.2) is 32.4 Å². The van der Waals surface area contributed by atoms with Crippen LogP contribution in [0.4, 0.5) is 0 Å². The Morgan fingerprint density at radius 2 is 1.65 bits per heavy atom. The molecule has 2 aromatic rings. The summed E-state index contributed by atoms with van der Waals surface area (Å²) in [7, 11) is -3.46. The van der Waals surface area contributed by atoms with E-state index in [2.05, 4.69) is 17.2 Å². The lowest BCUT2D eigenvalue weighted by Crippen LogP contribution is -2.25. The number of amides is 1. The fourth-order valence-corrected chi connectivity index (χ4v) is 3.40. The number of carbonyl (C=O) groups is 2. The minimum Gasteiger partial charge on any atom is -0.345 e. The molecule has 2 aromatic carbocycles. The third kappa shape index (κ3) is 5.87. The predicted molar refractivity (Wildman–Crippen MR) is 99.4 cm³/mol. The van der Waals surface area contributed by atoms with Crippen LogP contribution >= 0.6 is 0 Å². The first-order chi connectivity index (χ1) is 12.4. The van der Waals surface area contributed by atoms with Crippen molar-refractivity contribution in [1.29, 1.82) is 0 Å². The molecule has 134 valence electrons. The summed E-state index contributed by atoms with van der Waals surface area (Å²) in [4.78, 5) is 23.2. The normalized spacial score (nSPS) is 10.5. The fraction of sp³-hybridized carbons (Fsp3) is 0.200. The summed E-state index contributed by atoms with van der Waals surface area (Å²) in [5.41, 5.74) is 1.35. The molecule has 5 nitrogen and oxygen atoms in total. The van der Waals surface area contributed by atoms with Crippen molar-refractivity contribution in [1.82, 2.24) is 5.32 Å². The van der Waals surface area contributed by atoms with Crippen LogP contribution in [0.1, 0.15) is 29.3 Å². The van der Waals surface area contributed by atoms with E-state index in [0.717, 1.165) is 5.56 Å². The van der Waals surface area contributed by atoms with E-state index >= 15 is 0 Å². The van der Waals surface area contributed by atoms with Crippen LogP contribution < -0.4 is 5.32 Å².